The van der Waals surface area contributed by atoms with Gasteiger partial charge in [0.1, 0.15) is 5.56 Å². The standard InChI is InChI=1S/C21H11N3O7/c25-19-12-4-1-2-5-13(12)20(26)18-15(19)6-3-7-16(18)22-21(27)14-9-8-11(23(28)29)10-17(14)24(30)31/h1-10H,(H,22,27). The Hall–Kier alpha value is -4.73. The lowest BCUT2D eigenvalue weighted by Crippen LogP contribution is -2.24. The Labute approximate surface area is 173 Å². The number of nitrogens with zero attached hydrogens (tertiary/aromatic N) is 2. The van der Waals surface area contributed by atoms with E-state index in [-0.39, 0.29) is 33.7 Å². The molecule has 0 unspecified atom stereocenters. The van der Waals surface area contributed by atoms with Gasteiger partial charge in [-0.05, 0) is 12.1 Å². The molecular formula is C21H11N3O7. The maximum atomic E-state index is 13.0. The summed E-state index contributed by atoms with van der Waals surface area (Å²) in [6.07, 6.45) is 0. The minimum atomic E-state index is -0.950. The van der Waals surface area contributed by atoms with Crippen LogP contribution < -0.4 is 5.32 Å². The number of benzene rings is 3. The molecule has 4 rings (SSSR count). The fourth-order valence-corrected chi connectivity index (χ4v) is 3.42. The summed E-state index contributed by atoms with van der Waals surface area (Å²) >= 11 is 0. The molecule has 0 aliphatic heterocycles. The predicted octanol–water partition coefficient (Wildman–Crippen LogP) is 3.53. The first-order valence-corrected chi connectivity index (χ1v) is 8.85. The van der Waals surface area contributed by atoms with Crippen LogP contribution in [0.3, 0.4) is 0 Å². The highest BCUT2D eigenvalue weighted by molar-refractivity contribution is 6.30. The van der Waals surface area contributed by atoms with E-state index in [9.17, 15) is 34.6 Å². The number of rotatable bonds is 4. The van der Waals surface area contributed by atoms with Crippen molar-refractivity contribution in [1.82, 2.24) is 0 Å². The van der Waals surface area contributed by atoms with Gasteiger partial charge in [0, 0.05) is 22.8 Å². The Morgan fingerprint density at radius 2 is 1.42 bits per heavy atom. The predicted molar refractivity (Wildman–Crippen MR) is 107 cm³/mol. The van der Waals surface area contributed by atoms with Crippen molar-refractivity contribution in [1.29, 1.82) is 0 Å². The van der Waals surface area contributed by atoms with Crippen molar-refractivity contribution in [2.75, 3.05) is 5.32 Å². The lowest BCUT2D eigenvalue weighted by molar-refractivity contribution is -0.394. The molecule has 0 radical (unpaired) electrons. The van der Waals surface area contributed by atoms with Crippen LogP contribution in [-0.4, -0.2) is 27.3 Å². The van der Waals surface area contributed by atoms with Crippen LogP contribution in [0.15, 0.2) is 60.7 Å². The number of non-ortho nitro benzene ring substituents is 1. The maximum absolute atomic E-state index is 13.0. The molecule has 0 heterocycles. The first-order valence-electron chi connectivity index (χ1n) is 8.85. The van der Waals surface area contributed by atoms with E-state index < -0.39 is 38.5 Å². The summed E-state index contributed by atoms with van der Waals surface area (Å²) in [6, 6.07) is 13.2. The van der Waals surface area contributed by atoms with E-state index in [0.29, 0.717) is 6.07 Å². The van der Waals surface area contributed by atoms with E-state index in [1.165, 1.54) is 30.3 Å². The number of carbonyl (C=O) groups excluding carboxylic acids is 3. The molecule has 0 atom stereocenters. The lowest BCUT2D eigenvalue weighted by Gasteiger charge is -2.20. The van der Waals surface area contributed by atoms with E-state index >= 15 is 0 Å². The number of ketones is 2. The molecule has 0 aromatic heterocycles. The van der Waals surface area contributed by atoms with E-state index in [2.05, 4.69) is 5.32 Å². The molecular weight excluding hydrogens is 406 g/mol. The Bertz CT molecular complexity index is 1330. The highest BCUT2D eigenvalue weighted by atomic mass is 16.6. The van der Waals surface area contributed by atoms with Crippen LogP contribution in [0.2, 0.25) is 0 Å². The molecule has 1 aliphatic carbocycles. The van der Waals surface area contributed by atoms with Crippen molar-refractivity contribution in [3.63, 3.8) is 0 Å². The molecule has 1 amide bonds. The van der Waals surface area contributed by atoms with Gasteiger partial charge < -0.3 is 5.32 Å². The van der Waals surface area contributed by atoms with E-state index in [0.717, 1.165) is 12.1 Å². The van der Waals surface area contributed by atoms with Gasteiger partial charge >= 0.3 is 0 Å². The van der Waals surface area contributed by atoms with Gasteiger partial charge in [0.2, 0.25) is 0 Å². The van der Waals surface area contributed by atoms with Crippen LogP contribution in [-0.2, 0) is 0 Å². The molecule has 10 heteroatoms. The molecule has 10 nitrogen and oxygen atoms in total. The smallest absolute Gasteiger partial charge is 0.289 e. The maximum Gasteiger partial charge on any atom is 0.289 e. The molecule has 1 aliphatic rings. The highest BCUT2D eigenvalue weighted by Gasteiger charge is 2.32. The Kier molecular flexibility index (Phi) is 4.59. The number of nitrogens with one attached hydrogen (secondary N) is 1. The Morgan fingerprint density at radius 3 is 2.06 bits per heavy atom. The van der Waals surface area contributed by atoms with Gasteiger partial charge in [-0.25, -0.2) is 0 Å². The fourth-order valence-electron chi connectivity index (χ4n) is 3.42. The summed E-state index contributed by atoms with van der Waals surface area (Å²) in [5, 5.41) is 24.6. The summed E-state index contributed by atoms with van der Waals surface area (Å²) in [5.41, 5.74) is -1.23. The fraction of sp³-hybridized carbons (Fsp3) is 0. The second-order valence-corrected chi connectivity index (χ2v) is 6.60. The van der Waals surface area contributed by atoms with Crippen LogP contribution in [0.25, 0.3) is 0 Å². The third kappa shape index (κ3) is 3.21. The average molecular weight is 417 g/mol. The summed E-state index contributed by atoms with van der Waals surface area (Å²) < 4.78 is 0. The molecule has 0 bridgehead atoms. The average Bonchev–Trinajstić information content (AvgIpc) is 2.76. The Morgan fingerprint density at radius 1 is 0.774 bits per heavy atom. The summed E-state index contributed by atoms with van der Waals surface area (Å²) in [6.45, 7) is 0. The minimum Gasteiger partial charge on any atom is -0.321 e. The number of carbonyl (C=O) groups is 3. The minimum absolute atomic E-state index is 0.00278. The first kappa shape index (κ1) is 19.6. The lowest BCUT2D eigenvalue weighted by atomic mass is 9.83. The molecule has 0 spiro atoms. The van der Waals surface area contributed by atoms with Crippen molar-refractivity contribution in [3.05, 3.63) is 109 Å². The van der Waals surface area contributed by atoms with Crippen molar-refractivity contribution >= 4 is 34.5 Å². The largest absolute Gasteiger partial charge is 0.321 e. The highest BCUT2D eigenvalue weighted by Crippen LogP contribution is 2.33. The van der Waals surface area contributed by atoms with Crippen molar-refractivity contribution in [2.45, 2.75) is 0 Å². The zero-order valence-corrected chi connectivity index (χ0v) is 15.5. The van der Waals surface area contributed by atoms with Crippen molar-refractivity contribution in [2.24, 2.45) is 0 Å². The van der Waals surface area contributed by atoms with Gasteiger partial charge in [0.05, 0.1) is 27.2 Å². The van der Waals surface area contributed by atoms with Gasteiger partial charge in [-0.2, -0.15) is 0 Å². The van der Waals surface area contributed by atoms with Gasteiger partial charge in [-0.1, -0.05) is 36.4 Å². The number of nitro groups is 2. The molecule has 0 fully saturated rings. The molecule has 152 valence electrons. The van der Waals surface area contributed by atoms with Crippen LogP contribution in [0.1, 0.15) is 42.2 Å². The number of fused-ring (bicyclic) bond motifs is 2. The normalized spacial score (nSPS) is 12.0. The molecule has 3 aromatic carbocycles. The second kappa shape index (κ2) is 7.26. The number of amides is 1. The topological polar surface area (TPSA) is 150 Å². The van der Waals surface area contributed by atoms with Crippen molar-refractivity contribution < 1.29 is 24.2 Å². The number of anilines is 1. The third-order valence-electron chi connectivity index (χ3n) is 4.83. The first-order chi connectivity index (χ1) is 14.8. The molecule has 1 N–H and O–H groups in total. The SMILES string of the molecule is O=C(Nc1cccc2c1C(=O)c1ccccc1C2=O)c1ccc([N+](=O)[O-])cc1[N+](=O)[O-]. The number of nitro benzene ring substituents is 2. The quantitative estimate of drug-likeness (QED) is 0.394. The van der Waals surface area contributed by atoms with Crippen LogP contribution in [0.5, 0.6) is 0 Å². The third-order valence-corrected chi connectivity index (χ3v) is 4.83. The monoisotopic (exact) mass is 417 g/mol. The summed E-state index contributed by atoms with van der Waals surface area (Å²) in [7, 11) is 0. The van der Waals surface area contributed by atoms with Crippen LogP contribution >= 0.6 is 0 Å². The van der Waals surface area contributed by atoms with Crippen molar-refractivity contribution in [3.8, 4) is 0 Å². The zero-order chi connectivity index (χ0) is 22.3. The van der Waals surface area contributed by atoms with E-state index in [1.54, 1.807) is 12.1 Å². The summed E-state index contributed by atoms with van der Waals surface area (Å²) in [4.78, 5) is 59.0. The van der Waals surface area contributed by atoms with E-state index in [1.807, 2.05) is 0 Å². The second-order valence-electron chi connectivity index (χ2n) is 6.60. The molecule has 0 saturated carbocycles. The number of hydrogen-bond acceptors (Lipinski definition) is 7. The zero-order valence-electron chi connectivity index (χ0n) is 15.5. The van der Waals surface area contributed by atoms with Gasteiger partial charge in [0.15, 0.2) is 11.6 Å². The van der Waals surface area contributed by atoms with Gasteiger partial charge in [-0.3, -0.25) is 34.6 Å². The van der Waals surface area contributed by atoms with Gasteiger partial charge in [0.25, 0.3) is 17.3 Å². The van der Waals surface area contributed by atoms with Crippen LogP contribution in [0, 0.1) is 20.2 Å². The van der Waals surface area contributed by atoms with E-state index in [4.69, 9.17) is 0 Å². The molecule has 0 saturated heterocycles. The van der Waals surface area contributed by atoms with Gasteiger partial charge in [-0.15, -0.1) is 0 Å². The van der Waals surface area contributed by atoms with Crippen LogP contribution in [0.4, 0.5) is 17.1 Å². The molecule has 31 heavy (non-hydrogen) atoms. The Balaban J connectivity index is 1.77. The number of hydrogen-bond donors (Lipinski definition) is 1. The molecule has 3 aromatic rings. The summed E-state index contributed by atoms with van der Waals surface area (Å²) in [5.74, 6) is -1.81.